The van der Waals surface area contributed by atoms with Gasteiger partial charge in [0.1, 0.15) is 11.6 Å². The molecule has 32 heavy (non-hydrogen) atoms. The third-order valence-corrected chi connectivity index (χ3v) is 4.40. The summed E-state index contributed by atoms with van der Waals surface area (Å²) in [5.74, 6) is -0.402. The van der Waals surface area contributed by atoms with Crippen LogP contribution in [0.1, 0.15) is 74.7 Å². The summed E-state index contributed by atoms with van der Waals surface area (Å²) in [5, 5.41) is 18.8. The van der Waals surface area contributed by atoms with Crippen molar-refractivity contribution in [1.29, 1.82) is 0 Å². The number of hydrogen-bond donors (Lipinski definition) is 4. The SMILES string of the molecule is CCOCCNC(=O)C[C@H](O)[C@H](CC(C)C)NC(=O)[C@H](CC(C)C)NC(=O)OC(C)(C)C. The van der Waals surface area contributed by atoms with Gasteiger partial charge in [-0.25, -0.2) is 4.79 Å². The first-order valence-electron chi connectivity index (χ1n) is 11.6. The van der Waals surface area contributed by atoms with E-state index < -0.39 is 35.8 Å². The van der Waals surface area contributed by atoms with E-state index in [4.69, 9.17) is 9.47 Å². The molecular weight excluding hydrogens is 414 g/mol. The highest BCUT2D eigenvalue weighted by molar-refractivity contribution is 5.86. The number of amides is 3. The maximum absolute atomic E-state index is 13.0. The molecule has 3 amide bonds. The molecule has 0 saturated heterocycles. The fourth-order valence-electron chi connectivity index (χ4n) is 3.07. The Balaban J connectivity index is 5.13. The molecule has 0 saturated carbocycles. The van der Waals surface area contributed by atoms with Crippen molar-refractivity contribution >= 4 is 17.9 Å². The molecule has 0 aromatic carbocycles. The third kappa shape index (κ3) is 15.0. The summed E-state index contributed by atoms with van der Waals surface area (Å²) in [6.07, 6.45) is -0.978. The van der Waals surface area contributed by atoms with Gasteiger partial charge in [-0.2, -0.15) is 0 Å². The van der Waals surface area contributed by atoms with E-state index in [0.717, 1.165) is 0 Å². The second kappa shape index (κ2) is 15.1. The van der Waals surface area contributed by atoms with Gasteiger partial charge >= 0.3 is 6.09 Å². The minimum absolute atomic E-state index is 0.141. The van der Waals surface area contributed by atoms with Crippen LogP contribution in [0, 0.1) is 11.8 Å². The van der Waals surface area contributed by atoms with Crippen molar-refractivity contribution in [2.45, 2.75) is 98.4 Å². The number of carbonyl (C=O) groups is 3. The van der Waals surface area contributed by atoms with Gasteiger partial charge in [-0.1, -0.05) is 27.7 Å². The van der Waals surface area contributed by atoms with Crippen molar-refractivity contribution in [3.8, 4) is 0 Å². The van der Waals surface area contributed by atoms with Gasteiger partial charge in [0, 0.05) is 13.2 Å². The van der Waals surface area contributed by atoms with E-state index in [9.17, 15) is 19.5 Å². The van der Waals surface area contributed by atoms with Crippen molar-refractivity contribution in [1.82, 2.24) is 16.0 Å². The number of aliphatic hydroxyl groups is 1. The van der Waals surface area contributed by atoms with Crippen LogP contribution in [0.25, 0.3) is 0 Å². The monoisotopic (exact) mass is 459 g/mol. The van der Waals surface area contributed by atoms with E-state index in [1.807, 2.05) is 34.6 Å². The van der Waals surface area contributed by atoms with E-state index in [1.54, 1.807) is 20.8 Å². The van der Waals surface area contributed by atoms with Crippen molar-refractivity contribution in [2.24, 2.45) is 11.8 Å². The van der Waals surface area contributed by atoms with Gasteiger partial charge in [0.15, 0.2) is 0 Å². The van der Waals surface area contributed by atoms with E-state index >= 15 is 0 Å². The normalized spacial score (nSPS) is 14.6. The summed E-state index contributed by atoms with van der Waals surface area (Å²) in [6.45, 7) is 16.3. The van der Waals surface area contributed by atoms with Gasteiger partial charge < -0.3 is 30.5 Å². The Hall–Kier alpha value is -1.87. The molecular formula is C23H45N3O6. The van der Waals surface area contributed by atoms with Gasteiger partial charge in [0.05, 0.1) is 25.2 Å². The van der Waals surface area contributed by atoms with Crippen LogP contribution in [0.15, 0.2) is 0 Å². The molecule has 0 bridgehead atoms. The Morgan fingerprint density at radius 3 is 2.06 bits per heavy atom. The lowest BCUT2D eigenvalue weighted by Gasteiger charge is -2.29. The number of hydrogen-bond acceptors (Lipinski definition) is 6. The largest absolute Gasteiger partial charge is 0.444 e. The molecule has 0 aliphatic carbocycles. The van der Waals surface area contributed by atoms with Crippen molar-refractivity contribution in [2.75, 3.05) is 19.8 Å². The first-order valence-corrected chi connectivity index (χ1v) is 11.6. The van der Waals surface area contributed by atoms with Crippen LogP contribution in [0.3, 0.4) is 0 Å². The molecule has 9 nitrogen and oxygen atoms in total. The zero-order chi connectivity index (χ0) is 24.9. The molecule has 0 radical (unpaired) electrons. The van der Waals surface area contributed by atoms with E-state index in [-0.39, 0.29) is 24.2 Å². The predicted octanol–water partition coefficient (Wildman–Crippen LogP) is 2.36. The molecule has 0 unspecified atom stereocenters. The van der Waals surface area contributed by atoms with Gasteiger partial charge in [0.2, 0.25) is 11.8 Å². The van der Waals surface area contributed by atoms with Crippen LogP contribution < -0.4 is 16.0 Å². The predicted molar refractivity (Wildman–Crippen MR) is 124 cm³/mol. The minimum atomic E-state index is -1.06. The number of nitrogens with one attached hydrogen (secondary N) is 3. The Bertz CT molecular complexity index is 575. The highest BCUT2D eigenvalue weighted by Gasteiger charge is 2.30. The summed E-state index contributed by atoms with van der Waals surface area (Å²) in [4.78, 5) is 37.4. The second-order valence-corrected chi connectivity index (χ2v) is 9.89. The summed E-state index contributed by atoms with van der Waals surface area (Å²) in [7, 11) is 0. The maximum atomic E-state index is 13.0. The molecule has 9 heteroatoms. The Morgan fingerprint density at radius 2 is 1.56 bits per heavy atom. The van der Waals surface area contributed by atoms with E-state index in [1.165, 1.54) is 0 Å². The van der Waals surface area contributed by atoms with Crippen LogP contribution in [-0.2, 0) is 19.1 Å². The Labute approximate surface area is 193 Å². The second-order valence-electron chi connectivity index (χ2n) is 9.89. The zero-order valence-corrected chi connectivity index (χ0v) is 21.1. The molecule has 188 valence electrons. The fourth-order valence-corrected chi connectivity index (χ4v) is 3.07. The highest BCUT2D eigenvalue weighted by Crippen LogP contribution is 2.14. The van der Waals surface area contributed by atoms with Crippen LogP contribution in [0.4, 0.5) is 4.79 Å². The Morgan fingerprint density at radius 1 is 0.969 bits per heavy atom. The lowest BCUT2D eigenvalue weighted by atomic mass is 9.96. The summed E-state index contributed by atoms with van der Waals surface area (Å²) in [5.41, 5.74) is -0.686. The first-order chi connectivity index (χ1) is 14.7. The van der Waals surface area contributed by atoms with Crippen LogP contribution in [0.2, 0.25) is 0 Å². The molecule has 0 aliphatic heterocycles. The smallest absolute Gasteiger partial charge is 0.408 e. The lowest BCUT2D eigenvalue weighted by Crippen LogP contribution is -2.54. The highest BCUT2D eigenvalue weighted by atomic mass is 16.6. The molecule has 0 aliphatic rings. The van der Waals surface area contributed by atoms with Crippen LogP contribution in [0.5, 0.6) is 0 Å². The van der Waals surface area contributed by atoms with Gasteiger partial charge in [-0.3, -0.25) is 9.59 Å². The molecule has 3 atom stereocenters. The molecule has 0 aromatic heterocycles. The van der Waals surface area contributed by atoms with Crippen LogP contribution >= 0.6 is 0 Å². The zero-order valence-electron chi connectivity index (χ0n) is 21.1. The Kier molecular flexibility index (Phi) is 14.2. The molecule has 0 aromatic rings. The summed E-state index contributed by atoms with van der Waals surface area (Å²) < 4.78 is 10.5. The first kappa shape index (κ1) is 30.1. The number of ether oxygens (including phenoxy) is 2. The third-order valence-electron chi connectivity index (χ3n) is 4.40. The minimum Gasteiger partial charge on any atom is -0.444 e. The van der Waals surface area contributed by atoms with Crippen molar-refractivity contribution in [3.05, 3.63) is 0 Å². The van der Waals surface area contributed by atoms with Crippen molar-refractivity contribution < 1.29 is 29.0 Å². The standard InChI is InChI=1S/C23H45N3O6/c1-9-31-11-10-24-20(28)14-19(27)17(12-15(2)3)25-21(29)18(13-16(4)5)26-22(30)32-23(6,7)8/h15-19,27H,9-14H2,1-8H3,(H,24,28)(H,25,29)(H,26,30)/t17-,18-,19-/m0/s1. The number of carbonyl (C=O) groups excluding carboxylic acids is 3. The quantitative estimate of drug-likeness (QED) is 0.296. The maximum Gasteiger partial charge on any atom is 0.408 e. The lowest BCUT2D eigenvalue weighted by molar-refractivity contribution is -0.128. The fraction of sp³-hybridized carbons (Fsp3) is 0.870. The molecule has 4 N–H and O–H groups in total. The molecule has 0 spiro atoms. The van der Waals surface area contributed by atoms with Gasteiger partial charge in [-0.05, 0) is 52.4 Å². The average Bonchev–Trinajstić information content (AvgIpc) is 2.61. The van der Waals surface area contributed by atoms with Crippen LogP contribution in [-0.4, -0.2) is 66.6 Å². The number of aliphatic hydroxyl groups excluding tert-OH is 1. The van der Waals surface area contributed by atoms with Gasteiger partial charge in [-0.15, -0.1) is 0 Å². The van der Waals surface area contributed by atoms with E-state index in [0.29, 0.717) is 32.6 Å². The summed E-state index contributed by atoms with van der Waals surface area (Å²) in [6, 6.07) is -1.44. The molecule has 0 fully saturated rings. The van der Waals surface area contributed by atoms with Gasteiger partial charge in [0.25, 0.3) is 0 Å². The molecule has 0 heterocycles. The number of alkyl carbamates (subject to hydrolysis) is 1. The summed E-state index contributed by atoms with van der Waals surface area (Å²) >= 11 is 0. The molecule has 0 rings (SSSR count). The number of rotatable bonds is 14. The average molecular weight is 460 g/mol. The van der Waals surface area contributed by atoms with E-state index in [2.05, 4.69) is 16.0 Å². The topological polar surface area (TPSA) is 126 Å². The van der Waals surface area contributed by atoms with Crippen molar-refractivity contribution in [3.63, 3.8) is 0 Å².